The Morgan fingerprint density at radius 2 is 1.68 bits per heavy atom. The predicted molar refractivity (Wildman–Crippen MR) is 96.9 cm³/mol. The summed E-state index contributed by atoms with van der Waals surface area (Å²) in [4.78, 5) is 29.2. The maximum atomic E-state index is 12.9. The number of amides is 2. The molecule has 2 heterocycles. The number of nitrogens with zero attached hydrogens (tertiary/aromatic N) is 2. The van der Waals surface area contributed by atoms with Crippen LogP contribution in [0.3, 0.4) is 0 Å². The molecule has 0 spiro atoms. The van der Waals surface area contributed by atoms with Crippen molar-refractivity contribution in [1.29, 1.82) is 0 Å². The van der Waals surface area contributed by atoms with Crippen molar-refractivity contribution in [3.05, 3.63) is 35.5 Å². The van der Waals surface area contributed by atoms with E-state index in [9.17, 15) is 9.59 Å². The molecule has 0 N–H and O–H groups in total. The van der Waals surface area contributed by atoms with E-state index < -0.39 is 0 Å². The maximum Gasteiger partial charge on any atom is 0.277 e. The lowest BCUT2D eigenvalue weighted by Gasteiger charge is -2.32. The highest BCUT2D eigenvalue weighted by Crippen LogP contribution is 2.34. The standard InChI is InChI=1S/C20H26N2O3/c1-4-22-19(23)17(15-6-8-16(9-7-15)25-5-2)18(20(22)24)21-12-10-14(3)11-13-21/h6-9,14H,4-5,10-13H2,1-3H3. The molecule has 1 fully saturated rings. The van der Waals surface area contributed by atoms with Crippen molar-refractivity contribution in [2.75, 3.05) is 26.2 Å². The van der Waals surface area contributed by atoms with E-state index in [0.717, 1.165) is 37.2 Å². The molecule has 3 rings (SSSR count). The number of rotatable bonds is 5. The predicted octanol–water partition coefficient (Wildman–Crippen LogP) is 2.92. The van der Waals surface area contributed by atoms with Crippen LogP contribution in [0.1, 0.15) is 39.2 Å². The fraction of sp³-hybridized carbons (Fsp3) is 0.500. The molecule has 1 saturated heterocycles. The molecule has 5 nitrogen and oxygen atoms in total. The molecule has 0 radical (unpaired) electrons. The number of carbonyl (C=O) groups excluding carboxylic acids is 2. The van der Waals surface area contributed by atoms with Crippen LogP contribution in [0.4, 0.5) is 0 Å². The minimum absolute atomic E-state index is 0.161. The van der Waals surface area contributed by atoms with E-state index in [1.54, 1.807) is 0 Å². The van der Waals surface area contributed by atoms with Gasteiger partial charge in [0.05, 0.1) is 12.2 Å². The lowest BCUT2D eigenvalue weighted by atomic mass is 9.97. The highest BCUT2D eigenvalue weighted by molar-refractivity contribution is 6.35. The van der Waals surface area contributed by atoms with E-state index in [-0.39, 0.29) is 11.8 Å². The molecule has 0 atom stereocenters. The average molecular weight is 342 g/mol. The van der Waals surface area contributed by atoms with E-state index in [1.807, 2.05) is 38.1 Å². The quantitative estimate of drug-likeness (QED) is 0.772. The molecule has 0 unspecified atom stereocenters. The van der Waals surface area contributed by atoms with E-state index in [1.165, 1.54) is 4.90 Å². The zero-order chi connectivity index (χ0) is 18.0. The van der Waals surface area contributed by atoms with Gasteiger partial charge in [-0.15, -0.1) is 0 Å². The number of piperidine rings is 1. The monoisotopic (exact) mass is 342 g/mol. The van der Waals surface area contributed by atoms with Gasteiger partial charge in [0.1, 0.15) is 11.4 Å². The Morgan fingerprint density at radius 1 is 1.04 bits per heavy atom. The number of imide groups is 1. The van der Waals surface area contributed by atoms with Gasteiger partial charge in [-0.3, -0.25) is 14.5 Å². The van der Waals surface area contributed by atoms with Crippen LogP contribution in [0.15, 0.2) is 30.0 Å². The van der Waals surface area contributed by atoms with Gasteiger partial charge in [0.25, 0.3) is 11.8 Å². The van der Waals surface area contributed by atoms with Crippen LogP contribution in [-0.4, -0.2) is 47.9 Å². The summed E-state index contributed by atoms with van der Waals surface area (Å²) in [6.07, 6.45) is 2.10. The van der Waals surface area contributed by atoms with Gasteiger partial charge in [0.2, 0.25) is 0 Å². The second-order valence-electron chi connectivity index (χ2n) is 6.71. The molecule has 5 heteroatoms. The number of likely N-dealkylation sites (tertiary alicyclic amines) is 1. The Labute approximate surface area is 149 Å². The molecular formula is C20H26N2O3. The largest absolute Gasteiger partial charge is 0.494 e. The zero-order valence-corrected chi connectivity index (χ0v) is 15.2. The first-order valence-corrected chi connectivity index (χ1v) is 9.15. The minimum Gasteiger partial charge on any atom is -0.494 e. The number of ether oxygens (including phenoxy) is 1. The van der Waals surface area contributed by atoms with Crippen molar-refractivity contribution in [1.82, 2.24) is 9.80 Å². The zero-order valence-electron chi connectivity index (χ0n) is 15.2. The first kappa shape index (κ1) is 17.5. The van der Waals surface area contributed by atoms with Crippen molar-refractivity contribution < 1.29 is 14.3 Å². The minimum atomic E-state index is -0.190. The highest BCUT2D eigenvalue weighted by Gasteiger charge is 2.41. The van der Waals surface area contributed by atoms with Crippen molar-refractivity contribution in [3.8, 4) is 5.75 Å². The van der Waals surface area contributed by atoms with Gasteiger partial charge < -0.3 is 9.64 Å². The fourth-order valence-electron chi connectivity index (χ4n) is 3.52. The summed E-state index contributed by atoms with van der Waals surface area (Å²) in [5.41, 5.74) is 1.89. The van der Waals surface area contributed by atoms with Crippen LogP contribution < -0.4 is 4.74 Å². The number of carbonyl (C=O) groups is 2. The smallest absolute Gasteiger partial charge is 0.277 e. The number of hydrogen-bond donors (Lipinski definition) is 0. The Kier molecular flexibility index (Phi) is 5.11. The van der Waals surface area contributed by atoms with Crippen molar-refractivity contribution in [3.63, 3.8) is 0 Å². The normalized spacial score (nSPS) is 19.2. The van der Waals surface area contributed by atoms with Crippen LogP contribution in [0.5, 0.6) is 5.75 Å². The second kappa shape index (κ2) is 7.30. The fourth-order valence-corrected chi connectivity index (χ4v) is 3.52. The third kappa shape index (κ3) is 3.28. The average Bonchev–Trinajstić information content (AvgIpc) is 2.87. The molecule has 1 aromatic rings. The van der Waals surface area contributed by atoms with Crippen LogP contribution in [0, 0.1) is 5.92 Å². The molecule has 2 aliphatic rings. The third-order valence-corrected chi connectivity index (χ3v) is 5.01. The summed E-state index contributed by atoms with van der Waals surface area (Å²) in [5.74, 6) is 1.08. The summed E-state index contributed by atoms with van der Waals surface area (Å²) in [5, 5.41) is 0. The third-order valence-electron chi connectivity index (χ3n) is 5.01. The molecule has 2 aliphatic heterocycles. The first-order valence-electron chi connectivity index (χ1n) is 9.15. The van der Waals surface area contributed by atoms with Gasteiger partial charge in [-0.1, -0.05) is 19.1 Å². The number of likely N-dealkylation sites (N-methyl/N-ethyl adjacent to an activating group) is 1. The first-order chi connectivity index (χ1) is 12.1. The lowest BCUT2D eigenvalue weighted by Crippen LogP contribution is -2.38. The molecule has 1 aromatic carbocycles. The van der Waals surface area contributed by atoms with Crippen LogP contribution >= 0.6 is 0 Å². The summed E-state index contributed by atoms with van der Waals surface area (Å²) in [7, 11) is 0. The van der Waals surface area contributed by atoms with Gasteiger partial charge in [-0.25, -0.2) is 0 Å². The summed E-state index contributed by atoms with van der Waals surface area (Å²) < 4.78 is 5.48. The van der Waals surface area contributed by atoms with Crippen LogP contribution in [0.2, 0.25) is 0 Å². The molecule has 0 saturated carbocycles. The molecule has 0 bridgehead atoms. The summed E-state index contributed by atoms with van der Waals surface area (Å²) in [6.45, 7) is 8.66. The van der Waals surface area contributed by atoms with E-state index in [4.69, 9.17) is 4.74 Å². The van der Waals surface area contributed by atoms with Crippen LogP contribution in [-0.2, 0) is 9.59 Å². The topological polar surface area (TPSA) is 49.9 Å². The molecular weight excluding hydrogens is 316 g/mol. The van der Waals surface area contributed by atoms with E-state index >= 15 is 0 Å². The molecule has 0 aromatic heterocycles. The molecule has 0 aliphatic carbocycles. The highest BCUT2D eigenvalue weighted by atomic mass is 16.5. The van der Waals surface area contributed by atoms with Crippen molar-refractivity contribution in [2.24, 2.45) is 5.92 Å². The van der Waals surface area contributed by atoms with E-state index in [0.29, 0.717) is 30.3 Å². The second-order valence-corrected chi connectivity index (χ2v) is 6.71. The Balaban J connectivity index is 2.00. The Bertz CT molecular complexity index is 685. The Hall–Kier alpha value is -2.30. The van der Waals surface area contributed by atoms with E-state index in [2.05, 4.69) is 11.8 Å². The number of hydrogen-bond acceptors (Lipinski definition) is 4. The summed E-state index contributed by atoms with van der Waals surface area (Å²) >= 11 is 0. The molecule has 2 amide bonds. The number of benzene rings is 1. The van der Waals surface area contributed by atoms with Crippen molar-refractivity contribution >= 4 is 17.4 Å². The van der Waals surface area contributed by atoms with Gasteiger partial charge in [-0.05, 0) is 50.3 Å². The SMILES string of the molecule is CCOc1ccc(C2=C(N3CCC(C)CC3)C(=O)N(CC)C2=O)cc1. The molecule has 25 heavy (non-hydrogen) atoms. The van der Waals surface area contributed by atoms with Gasteiger partial charge in [0, 0.05) is 19.6 Å². The van der Waals surface area contributed by atoms with Crippen LogP contribution in [0.25, 0.3) is 5.57 Å². The van der Waals surface area contributed by atoms with Crippen molar-refractivity contribution in [2.45, 2.75) is 33.6 Å². The lowest BCUT2D eigenvalue weighted by molar-refractivity contribution is -0.137. The van der Waals surface area contributed by atoms with Gasteiger partial charge in [-0.2, -0.15) is 0 Å². The summed E-state index contributed by atoms with van der Waals surface area (Å²) in [6, 6.07) is 7.46. The van der Waals surface area contributed by atoms with Gasteiger partial charge in [0.15, 0.2) is 0 Å². The Morgan fingerprint density at radius 3 is 2.24 bits per heavy atom. The van der Waals surface area contributed by atoms with Gasteiger partial charge >= 0.3 is 0 Å². The maximum absolute atomic E-state index is 12.9. The molecule has 134 valence electrons.